The Labute approximate surface area is 153 Å². The van der Waals surface area contributed by atoms with Gasteiger partial charge in [-0.2, -0.15) is 0 Å². The highest BCUT2D eigenvalue weighted by Gasteiger charge is 2.27. The number of imidazole rings is 1. The number of piperazine rings is 1. The summed E-state index contributed by atoms with van der Waals surface area (Å²) in [5.41, 5.74) is 0.480. The number of methoxy groups -OCH3 is 2. The Morgan fingerprint density at radius 1 is 1.08 bits per heavy atom. The molecule has 7 nitrogen and oxygen atoms in total. The summed E-state index contributed by atoms with van der Waals surface area (Å²) in [5.74, 6) is 1.93. The Morgan fingerprint density at radius 2 is 1.68 bits per heavy atom. The quantitative estimate of drug-likeness (QED) is 0.826. The molecule has 25 heavy (non-hydrogen) atoms. The molecule has 3 rings (SSSR count). The fourth-order valence-corrected chi connectivity index (χ4v) is 2.99. The van der Waals surface area contributed by atoms with Crippen molar-refractivity contribution in [3.8, 4) is 11.5 Å². The third-order valence-corrected chi connectivity index (χ3v) is 4.29. The molecule has 0 N–H and O–H groups in total. The zero-order valence-corrected chi connectivity index (χ0v) is 15.5. The Morgan fingerprint density at radius 3 is 2.16 bits per heavy atom. The number of aryl methyl sites for hydroxylation is 1. The monoisotopic (exact) mass is 366 g/mol. The van der Waals surface area contributed by atoms with Crippen LogP contribution < -0.4 is 14.4 Å². The number of aromatic nitrogens is 2. The lowest BCUT2D eigenvalue weighted by atomic mass is 10.1. The SMILES string of the molecule is COc1cccc(OC)c1C(=O)N1CCN(c2nccn2C)CC1.Cl. The summed E-state index contributed by atoms with van der Waals surface area (Å²) in [7, 11) is 5.09. The average molecular weight is 367 g/mol. The summed E-state index contributed by atoms with van der Waals surface area (Å²) in [6.07, 6.45) is 3.71. The lowest BCUT2D eigenvalue weighted by Crippen LogP contribution is -2.49. The summed E-state index contributed by atoms with van der Waals surface area (Å²) in [6.45, 7) is 2.75. The van der Waals surface area contributed by atoms with Crippen LogP contribution in [0.5, 0.6) is 11.5 Å². The fourth-order valence-electron chi connectivity index (χ4n) is 2.99. The molecule has 0 atom stereocenters. The maximum absolute atomic E-state index is 12.9. The molecule has 1 aliphatic rings. The molecule has 0 radical (unpaired) electrons. The maximum atomic E-state index is 12.9. The molecule has 0 spiro atoms. The topological polar surface area (TPSA) is 59.8 Å². The van der Waals surface area contributed by atoms with E-state index in [4.69, 9.17) is 9.47 Å². The highest BCUT2D eigenvalue weighted by molar-refractivity contribution is 5.99. The Balaban J connectivity index is 0.00000225. The number of carbonyl (C=O) groups excluding carboxylic acids is 1. The highest BCUT2D eigenvalue weighted by Crippen LogP contribution is 2.30. The van der Waals surface area contributed by atoms with Gasteiger partial charge in [-0.15, -0.1) is 12.4 Å². The molecule has 0 saturated carbocycles. The van der Waals surface area contributed by atoms with E-state index in [9.17, 15) is 4.79 Å². The summed E-state index contributed by atoms with van der Waals surface area (Å²) in [6, 6.07) is 5.37. The highest BCUT2D eigenvalue weighted by atomic mass is 35.5. The molecule has 8 heteroatoms. The van der Waals surface area contributed by atoms with Crippen molar-refractivity contribution in [2.45, 2.75) is 0 Å². The molecular formula is C17H23ClN4O3. The number of benzene rings is 1. The molecule has 136 valence electrons. The standard InChI is InChI=1S/C17H22N4O3.ClH/c1-19-8-7-18-17(19)21-11-9-20(10-12-21)16(22)15-13(23-2)5-4-6-14(15)24-3;/h4-8H,9-12H2,1-3H3;1H. The zero-order chi connectivity index (χ0) is 17.1. The smallest absolute Gasteiger partial charge is 0.261 e. The maximum Gasteiger partial charge on any atom is 0.261 e. The van der Waals surface area contributed by atoms with E-state index in [1.165, 1.54) is 0 Å². The lowest BCUT2D eigenvalue weighted by Gasteiger charge is -2.35. The van der Waals surface area contributed by atoms with Gasteiger partial charge in [0.05, 0.1) is 14.2 Å². The molecule has 2 heterocycles. The molecule has 1 saturated heterocycles. The van der Waals surface area contributed by atoms with Crippen LogP contribution in [0.15, 0.2) is 30.6 Å². The van der Waals surface area contributed by atoms with E-state index in [2.05, 4.69) is 9.88 Å². The van der Waals surface area contributed by atoms with Crippen molar-refractivity contribution in [3.05, 3.63) is 36.2 Å². The third-order valence-electron chi connectivity index (χ3n) is 4.29. The van der Waals surface area contributed by atoms with Crippen LogP contribution in [0.2, 0.25) is 0 Å². The van der Waals surface area contributed by atoms with Gasteiger partial charge in [-0.1, -0.05) is 6.07 Å². The number of amides is 1. The van der Waals surface area contributed by atoms with Crippen molar-refractivity contribution in [3.63, 3.8) is 0 Å². The molecule has 0 bridgehead atoms. The van der Waals surface area contributed by atoms with Gasteiger partial charge in [-0.05, 0) is 12.1 Å². The zero-order valence-electron chi connectivity index (χ0n) is 14.6. The molecule has 0 unspecified atom stereocenters. The first kappa shape index (κ1) is 18.9. The second-order valence-corrected chi connectivity index (χ2v) is 5.65. The Bertz CT molecular complexity index is 704. The minimum absolute atomic E-state index is 0. The molecule has 0 aliphatic carbocycles. The Kier molecular flexibility index (Phi) is 6.14. The average Bonchev–Trinajstić information content (AvgIpc) is 3.06. The lowest BCUT2D eigenvalue weighted by molar-refractivity contribution is 0.0739. The van der Waals surface area contributed by atoms with Crippen molar-refractivity contribution >= 4 is 24.3 Å². The van der Waals surface area contributed by atoms with Gasteiger partial charge in [0.1, 0.15) is 17.1 Å². The van der Waals surface area contributed by atoms with E-state index in [0.29, 0.717) is 30.2 Å². The minimum atomic E-state index is -0.0659. The van der Waals surface area contributed by atoms with Gasteiger partial charge in [0.15, 0.2) is 0 Å². The van der Waals surface area contributed by atoms with Crippen LogP contribution in [0.1, 0.15) is 10.4 Å². The van der Waals surface area contributed by atoms with Gasteiger partial charge < -0.3 is 23.8 Å². The van der Waals surface area contributed by atoms with Crippen molar-refractivity contribution in [2.75, 3.05) is 45.3 Å². The number of hydrogen-bond donors (Lipinski definition) is 0. The number of carbonyl (C=O) groups is 1. The number of halogens is 1. The first-order valence-electron chi connectivity index (χ1n) is 7.88. The van der Waals surface area contributed by atoms with Crippen molar-refractivity contribution < 1.29 is 14.3 Å². The predicted octanol–water partition coefficient (Wildman–Crippen LogP) is 1.82. The predicted molar refractivity (Wildman–Crippen MR) is 98.1 cm³/mol. The van der Waals surface area contributed by atoms with Gasteiger partial charge in [-0.25, -0.2) is 4.98 Å². The minimum Gasteiger partial charge on any atom is -0.496 e. The van der Waals surface area contributed by atoms with E-state index < -0.39 is 0 Å². The summed E-state index contributed by atoms with van der Waals surface area (Å²) >= 11 is 0. The Hall–Kier alpha value is -2.41. The largest absolute Gasteiger partial charge is 0.496 e. The number of anilines is 1. The third kappa shape index (κ3) is 3.66. The normalized spacial score (nSPS) is 14.0. The van der Waals surface area contributed by atoms with Crippen LogP contribution in [-0.2, 0) is 7.05 Å². The number of hydrogen-bond acceptors (Lipinski definition) is 5. The molecule has 1 aliphatic heterocycles. The summed E-state index contributed by atoms with van der Waals surface area (Å²) < 4.78 is 12.7. The number of ether oxygens (including phenoxy) is 2. The van der Waals surface area contributed by atoms with E-state index >= 15 is 0 Å². The molecule has 2 aromatic rings. The van der Waals surface area contributed by atoms with Crippen molar-refractivity contribution in [1.82, 2.24) is 14.5 Å². The second kappa shape index (κ2) is 8.11. The fraction of sp³-hybridized carbons (Fsp3) is 0.412. The molecule has 1 aromatic heterocycles. The second-order valence-electron chi connectivity index (χ2n) is 5.65. The van der Waals surface area contributed by atoms with Gasteiger partial charge in [-0.3, -0.25) is 4.79 Å². The molecule has 1 fully saturated rings. The summed E-state index contributed by atoms with van der Waals surface area (Å²) in [4.78, 5) is 21.3. The van der Waals surface area contributed by atoms with Crippen LogP contribution in [0.25, 0.3) is 0 Å². The molecule has 1 amide bonds. The van der Waals surface area contributed by atoms with Gasteiger partial charge in [0.25, 0.3) is 5.91 Å². The van der Waals surface area contributed by atoms with Crippen LogP contribution in [0.3, 0.4) is 0 Å². The van der Waals surface area contributed by atoms with Crippen LogP contribution in [0.4, 0.5) is 5.95 Å². The number of nitrogens with zero attached hydrogens (tertiary/aromatic N) is 4. The van der Waals surface area contributed by atoms with Crippen LogP contribution in [0, 0.1) is 0 Å². The number of rotatable bonds is 4. The molecule has 1 aromatic carbocycles. The summed E-state index contributed by atoms with van der Waals surface area (Å²) in [5, 5.41) is 0. The van der Waals surface area contributed by atoms with Crippen LogP contribution >= 0.6 is 12.4 Å². The van der Waals surface area contributed by atoms with Crippen molar-refractivity contribution in [1.29, 1.82) is 0 Å². The van der Waals surface area contributed by atoms with Gasteiger partial charge in [0.2, 0.25) is 5.95 Å². The van der Waals surface area contributed by atoms with E-state index in [1.807, 2.05) is 28.8 Å². The van der Waals surface area contributed by atoms with Gasteiger partial charge >= 0.3 is 0 Å². The molecular weight excluding hydrogens is 344 g/mol. The van der Waals surface area contributed by atoms with E-state index in [0.717, 1.165) is 19.0 Å². The first-order valence-corrected chi connectivity index (χ1v) is 7.88. The van der Waals surface area contributed by atoms with Crippen molar-refractivity contribution in [2.24, 2.45) is 7.05 Å². The van der Waals surface area contributed by atoms with Crippen LogP contribution in [-0.4, -0.2) is 60.8 Å². The van der Waals surface area contributed by atoms with E-state index in [-0.39, 0.29) is 18.3 Å². The first-order chi connectivity index (χ1) is 11.7. The van der Waals surface area contributed by atoms with E-state index in [1.54, 1.807) is 32.5 Å². The van der Waals surface area contributed by atoms with Gasteiger partial charge in [0, 0.05) is 45.6 Å².